The van der Waals surface area contributed by atoms with Gasteiger partial charge in [-0.2, -0.15) is 0 Å². The minimum Gasteiger partial charge on any atom is -0.862 e. The Hall–Kier alpha value is 1.20. The van der Waals surface area contributed by atoms with Gasteiger partial charge in [-0.3, -0.25) is 4.79 Å². The first kappa shape index (κ1) is 12.8. The second-order valence-corrected chi connectivity index (χ2v) is 1.83. The first-order chi connectivity index (χ1) is 3.68. The molecule has 0 saturated heterocycles. The van der Waals surface area contributed by atoms with Gasteiger partial charge in [0.05, 0.1) is 0 Å². The number of ketones is 1. The molecular weight excluding hydrogens is 163 g/mol. The molecule has 0 fully saturated rings. The molecule has 0 spiro atoms. The molecule has 0 aromatic heterocycles. The summed E-state index contributed by atoms with van der Waals surface area (Å²) >= 11 is 4.08. The van der Waals surface area contributed by atoms with Crippen molar-refractivity contribution in [2.75, 3.05) is 0 Å². The number of hydrogen-bond donors (Lipinski definition) is 0. The van der Waals surface area contributed by atoms with Crippen LogP contribution in [-0.4, -0.2) is 10.8 Å². The second-order valence-electron chi connectivity index (χ2n) is 1.46. The minimum absolute atomic E-state index is 0. The number of carbonyl (C=O) groups is 1. The van der Waals surface area contributed by atoms with Crippen LogP contribution >= 0.6 is 12.2 Å². The molecule has 0 amide bonds. The van der Waals surface area contributed by atoms with Crippen LogP contribution in [0.15, 0.2) is 0 Å². The summed E-state index contributed by atoms with van der Waals surface area (Å²) in [5, 5.41) is 9.26. The summed E-state index contributed by atoms with van der Waals surface area (Å²) in [6.45, 7) is 1.83. The van der Waals surface area contributed by atoms with Gasteiger partial charge in [-0.15, -0.1) is 0 Å². The zero-order valence-corrected chi connectivity index (χ0v) is 9.58. The van der Waals surface area contributed by atoms with Gasteiger partial charge in [0, 0.05) is 11.5 Å². The van der Waals surface area contributed by atoms with E-state index in [0.717, 1.165) is 0 Å². The number of carbonyl (C=O) groups excluding carboxylic acids is 1. The molecule has 0 heterocycles. The molecule has 0 aromatic rings. The standard InChI is InChI=1S/C5H8O2S.K/c1-2-3-4(6)5(7)8;/h2-3H2,1H3,(H,7,8);/q;+1/p-1. The molecule has 0 rings (SSSR count). The Balaban J connectivity index is 0. The molecular formula is C5H7KO2S. The maximum Gasteiger partial charge on any atom is 1.00 e. The predicted octanol–water partition coefficient (Wildman–Crippen LogP) is -2.95. The quantitative estimate of drug-likeness (QED) is 0.336. The van der Waals surface area contributed by atoms with Crippen molar-refractivity contribution in [2.24, 2.45) is 0 Å². The number of hydrogen-bond acceptors (Lipinski definition) is 3. The third-order valence-electron chi connectivity index (χ3n) is 0.705. The van der Waals surface area contributed by atoms with Crippen LogP contribution in [-0.2, 0) is 4.79 Å². The molecule has 0 aromatic carbocycles. The molecule has 46 valence electrons. The molecule has 0 aliphatic rings. The molecule has 0 saturated carbocycles. The van der Waals surface area contributed by atoms with E-state index >= 15 is 0 Å². The van der Waals surface area contributed by atoms with Crippen molar-refractivity contribution in [3.05, 3.63) is 0 Å². The summed E-state index contributed by atoms with van der Waals surface area (Å²) < 4.78 is 0. The average molecular weight is 170 g/mol. The van der Waals surface area contributed by atoms with Gasteiger partial charge in [0.2, 0.25) is 0 Å². The summed E-state index contributed by atoms with van der Waals surface area (Å²) in [6.07, 6.45) is 0.990. The van der Waals surface area contributed by atoms with Gasteiger partial charge in [0.25, 0.3) is 0 Å². The zero-order valence-electron chi connectivity index (χ0n) is 5.64. The maximum absolute atomic E-state index is 10.3. The van der Waals surface area contributed by atoms with Crippen molar-refractivity contribution < 1.29 is 61.3 Å². The van der Waals surface area contributed by atoms with E-state index in [-0.39, 0.29) is 51.4 Å². The second kappa shape index (κ2) is 7.31. The molecule has 0 atom stereocenters. The Kier molecular flexibility index (Phi) is 10.4. The molecule has 4 heteroatoms. The van der Waals surface area contributed by atoms with Crippen LogP contribution in [0.25, 0.3) is 0 Å². The minimum atomic E-state index is -0.744. The third kappa shape index (κ3) is 7.09. The van der Waals surface area contributed by atoms with Crippen LogP contribution in [0.3, 0.4) is 0 Å². The smallest absolute Gasteiger partial charge is 0.862 e. The van der Waals surface area contributed by atoms with E-state index in [0.29, 0.717) is 12.8 Å². The molecule has 0 aliphatic heterocycles. The van der Waals surface area contributed by atoms with Crippen LogP contribution in [0, 0.1) is 0 Å². The predicted molar refractivity (Wildman–Crippen MR) is 32.5 cm³/mol. The molecule has 0 radical (unpaired) electrons. The summed E-state index contributed by atoms with van der Waals surface area (Å²) in [4.78, 5) is 10.3. The Labute approximate surface area is 102 Å². The first-order valence-electron chi connectivity index (χ1n) is 2.42. The number of thiocarbonyl (C=S) groups is 1. The van der Waals surface area contributed by atoms with E-state index in [1.165, 1.54) is 0 Å². The fourth-order valence-corrected chi connectivity index (χ4v) is 0.431. The van der Waals surface area contributed by atoms with Crippen LogP contribution < -0.4 is 56.5 Å². The Morgan fingerprint density at radius 2 is 2.11 bits per heavy atom. The summed E-state index contributed by atoms with van der Waals surface area (Å²) in [6, 6.07) is 0. The van der Waals surface area contributed by atoms with Crippen molar-refractivity contribution in [1.82, 2.24) is 0 Å². The Morgan fingerprint density at radius 1 is 1.67 bits per heavy atom. The topological polar surface area (TPSA) is 40.1 Å². The van der Waals surface area contributed by atoms with Crippen LogP contribution in [0.2, 0.25) is 0 Å². The van der Waals surface area contributed by atoms with E-state index in [4.69, 9.17) is 0 Å². The average Bonchev–Trinajstić information content (AvgIpc) is 1.67. The zero-order chi connectivity index (χ0) is 6.57. The van der Waals surface area contributed by atoms with Crippen molar-refractivity contribution >= 4 is 23.1 Å². The monoisotopic (exact) mass is 170 g/mol. The van der Waals surface area contributed by atoms with Gasteiger partial charge in [-0.05, 0) is 6.42 Å². The van der Waals surface area contributed by atoms with E-state index in [1.807, 2.05) is 6.92 Å². The van der Waals surface area contributed by atoms with Crippen LogP contribution in [0.5, 0.6) is 0 Å². The van der Waals surface area contributed by atoms with Gasteiger partial charge in [-0.1, -0.05) is 19.1 Å². The van der Waals surface area contributed by atoms with Crippen molar-refractivity contribution in [3.8, 4) is 0 Å². The van der Waals surface area contributed by atoms with Gasteiger partial charge in [-0.25, -0.2) is 0 Å². The van der Waals surface area contributed by atoms with E-state index in [2.05, 4.69) is 12.2 Å². The molecule has 2 nitrogen and oxygen atoms in total. The van der Waals surface area contributed by atoms with Gasteiger partial charge < -0.3 is 5.11 Å². The number of Topliss-reactive ketones (excluding diaryl/α,β-unsaturated/α-hetero) is 1. The van der Waals surface area contributed by atoms with Crippen molar-refractivity contribution in [1.29, 1.82) is 0 Å². The molecule has 0 aliphatic carbocycles. The Morgan fingerprint density at radius 3 is 2.22 bits per heavy atom. The van der Waals surface area contributed by atoms with Gasteiger partial charge in [0.15, 0.2) is 5.78 Å². The molecule has 9 heavy (non-hydrogen) atoms. The summed E-state index contributed by atoms with van der Waals surface area (Å²) in [7, 11) is 0. The van der Waals surface area contributed by atoms with Crippen LogP contribution in [0.1, 0.15) is 19.8 Å². The third-order valence-corrected chi connectivity index (χ3v) is 0.932. The first-order valence-corrected chi connectivity index (χ1v) is 2.83. The largest absolute Gasteiger partial charge is 1.00 e. The van der Waals surface area contributed by atoms with E-state index in [9.17, 15) is 9.90 Å². The van der Waals surface area contributed by atoms with Crippen molar-refractivity contribution in [3.63, 3.8) is 0 Å². The molecule has 0 unspecified atom stereocenters. The summed E-state index contributed by atoms with van der Waals surface area (Å²) in [5.74, 6) is -0.442. The fourth-order valence-electron chi connectivity index (χ4n) is 0.329. The van der Waals surface area contributed by atoms with Crippen LogP contribution in [0.4, 0.5) is 0 Å². The van der Waals surface area contributed by atoms with Gasteiger partial charge in [0.1, 0.15) is 0 Å². The molecule has 0 N–H and O–H groups in total. The summed E-state index contributed by atoms with van der Waals surface area (Å²) in [5.41, 5.74) is 0. The van der Waals surface area contributed by atoms with E-state index < -0.39 is 10.8 Å². The molecule has 0 bridgehead atoms. The van der Waals surface area contributed by atoms with Gasteiger partial charge >= 0.3 is 51.4 Å². The number of rotatable bonds is 3. The van der Waals surface area contributed by atoms with E-state index in [1.54, 1.807) is 0 Å². The SMILES string of the molecule is CCCC(=O)C([O-])=S.[K+]. The normalized spacial score (nSPS) is 7.67. The van der Waals surface area contributed by atoms with Crippen molar-refractivity contribution in [2.45, 2.75) is 19.8 Å². The maximum atomic E-state index is 10.3. The Bertz CT molecular complexity index is 114. The fraction of sp³-hybridized carbons (Fsp3) is 0.600.